The van der Waals surface area contributed by atoms with Crippen molar-refractivity contribution in [2.45, 2.75) is 19.4 Å². The van der Waals surface area contributed by atoms with E-state index in [1.807, 2.05) is 5.38 Å². The second kappa shape index (κ2) is 6.68. The van der Waals surface area contributed by atoms with Crippen LogP contribution in [0.25, 0.3) is 0 Å². The lowest BCUT2D eigenvalue weighted by molar-refractivity contribution is 0.658. The topological polar surface area (TPSA) is 59.8 Å². The molecule has 0 aliphatic rings. The summed E-state index contributed by atoms with van der Waals surface area (Å²) in [5.41, 5.74) is 0.418. The minimum Gasteiger partial charge on any atom is -0.382 e. The number of aromatic nitrogens is 3. The van der Waals surface area contributed by atoms with Crippen LogP contribution in [0.2, 0.25) is 0 Å². The Bertz CT molecular complexity index is 675. The van der Waals surface area contributed by atoms with Crippen molar-refractivity contribution in [2.75, 3.05) is 11.9 Å². The number of hydrogen-bond acceptors (Lipinski definition) is 5. The summed E-state index contributed by atoms with van der Waals surface area (Å²) in [6.07, 6.45) is 8.57. The lowest BCUT2D eigenvalue weighted by Crippen LogP contribution is -2.24. The molecule has 0 aromatic carbocycles. The predicted molar refractivity (Wildman–Crippen MR) is 84.0 cm³/mol. The van der Waals surface area contributed by atoms with E-state index < -0.39 is 0 Å². The molecule has 0 aliphatic heterocycles. The van der Waals surface area contributed by atoms with Crippen LogP contribution in [-0.2, 0) is 6.54 Å². The Balaban J connectivity index is 2.09. The number of rotatable bonds is 5. The number of nitrogens with zero attached hydrogens (tertiary/aromatic N) is 3. The summed E-state index contributed by atoms with van der Waals surface area (Å²) in [4.78, 5) is 16.2. The first-order valence-corrected chi connectivity index (χ1v) is 7.63. The van der Waals surface area contributed by atoms with Crippen LogP contribution in [0.3, 0.4) is 0 Å². The van der Waals surface area contributed by atoms with Gasteiger partial charge in [-0.3, -0.25) is 4.79 Å². The zero-order chi connectivity index (χ0) is 14.5. The first-order valence-electron chi connectivity index (χ1n) is 5.95. The maximum atomic E-state index is 12.0. The molecular weight excluding hydrogens is 340 g/mol. The highest BCUT2D eigenvalue weighted by molar-refractivity contribution is 9.10. The highest BCUT2D eigenvalue weighted by Gasteiger charge is 2.11. The molecule has 0 spiro atoms. The summed E-state index contributed by atoms with van der Waals surface area (Å²) >= 11 is 4.90. The summed E-state index contributed by atoms with van der Waals surface area (Å²) in [6, 6.07) is 0. The maximum absolute atomic E-state index is 12.0. The van der Waals surface area contributed by atoms with Gasteiger partial charge >= 0.3 is 0 Å². The van der Waals surface area contributed by atoms with Crippen molar-refractivity contribution in [3.8, 4) is 12.3 Å². The van der Waals surface area contributed by atoms with Crippen LogP contribution in [-0.4, -0.2) is 21.3 Å². The highest BCUT2D eigenvalue weighted by atomic mass is 79.9. The number of thiazole rings is 1. The number of hydrogen-bond donors (Lipinski definition) is 1. The molecule has 104 valence electrons. The van der Waals surface area contributed by atoms with Crippen LogP contribution >= 0.6 is 27.3 Å². The van der Waals surface area contributed by atoms with Gasteiger partial charge in [-0.15, -0.1) is 17.8 Å². The van der Waals surface area contributed by atoms with Crippen LogP contribution < -0.4 is 10.9 Å². The maximum Gasteiger partial charge on any atom is 0.284 e. The van der Waals surface area contributed by atoms with Crippen molar-refractivity contribution in [1.29, 1.82) is 0 Å². The molecule has 2 heterocycles. The SMILES string of the molecule is C#CCn1ncc(NCC(C)c2nccs2)c(Br)c1=O. The van der Waals surface area contributed by atoms with Gasteiger partial charge in [0.15, 0.2) is 0 Å². The predicted octanol–water partition coefficient (Wildman–Crippen LogP) is 2.31. The van der Waals surface area contributed by atoms with Crippen LogP contribution in [0, 0.1) is 12.3 Å². The first kappa shape index (κ1) is 14.8. The van der Waals surface area contributed by atoms with Gasteiger partial charge in [-0.2, -0.15) is 5.10 Å². The van der Waals surface area contributed by atoms with E-state index in [-0.39, 0.29) is 18.0 Å². The van der Waals surface area contributed by atoms with Gasteiger partial charge in [0.1, 0.15) is 11.0 Å². The number of terminal acetylenes is 1. The Morgan fingerprint density at radius 2 is 2.45 bits per heavy atom. The minimum absolute atomic E-state index is 0.160. The highest BCUT2D eigenvalue weighted by Crippen LogP contribution is 2.21. The van der Waals surface area contributed by atoms with Gasteiger partial charge in [-0.25, -0.2) is 9.67 Å². The molecule has 0 saturated carbocycles. The summed E-state index contributed by atoms with van der Waals surface area (Å²) in [5.74, 6) is 2.65. The average molecular weight is 353 g/mol. The molecule has 0 amide bonds. The Labute approximate surface area is 129 Å². The van der Waals surface area contributed by atoms with E-state index in [4.69, 9.17) is 6.42 Å². The largest absolute Gasteiger partial charge is 0.382 e. The molecule has 0 fully saturated rings. The number of anilines is 1. The standard InChI is InChI=1S/C13H13BrN4OS/c1-3-5-18-13(19)11(14)10(8-17-18)16-7-9(2)12-15-4-6-20-12/h1,4,6,8-9,16H,5,7H2,2H3. The van der Waals surface area contributed by atoms with Crippen LogP contribution in [0.15, 0.2) is 27.0 Å². The summed E-state index contributed by atoms with van der Waals surface area (Å²) in [7, 11) is 0. The molecule has 20 heavy (non-hydrogen) atoms. The molecule has 7 heteroatoms. The van der Waals surface area contributed by atoms with Crippen molar-refractivity contribution >= 4 is 33.0 Å². The Morgan fingerprint density at radius 1 is 1.65 bits per heavy atom. The Hall–Kier alpha value is -1.65. The molecule has 2 aromatic heterocycles. The zero-order valence-electron chi connectivity index (χ0n) is 10.8. The quantitative estimate of drug-likeness (QED) is 0.838. The fraction of sp³-hybridized carbons (Fsp3) is 0.308. The summed E-state index contributed by atoms with van der Waals surface area (Å²) in [5, 5.41) is 10.2. The van der Waals surface area contributed by atoms with Gasteiger partial charge in [-0.1, -0.05) is 12.8 Å². The molecule has 0 radical (unpaired) electrons. The summed E-state index contributed by atoms with van der Waals surface area (Å²) < 4.78 is 1.67. The van der Waals surface area contributed by atoms with E-state index in [1.165, 1.54) is 4.68 Å². The minimum atomic E-state index is -0.241. The van der Waals surface area contributed by atoms with E-state index in [2.05, 4.69) is 44.2 Å². The fourth-order valence-corrected chi connectivity index (χ4v) is 2.76. The lowest BCUT2D eigenvalue weighted by atomic mass is 10.2. The normalized spacial score (nSPS) is 11.8. The van der Waals surface area contributed by atoms with Crippen molar-refractivity contribution in [3.63, 3.8) is 0 Å². The van der Waals surface area contributed by atoms with E-state index in [0.717, 1.165) is 5.01 Å². The second-order valence-corrected chi connectivity index (χ2v) is 5.91. The third-order valence-corrected chi connectivity index (χ3v) is 4.47. The average Bonchev–Trinajstić information content (AvgIpc) is 2.97. The number of nitrogens with one attached hydrogen (secondary N) is 1. The molecule has 5 nitrogen and oxygen atoms in total. The molecule has 2 rings (SSSR count). The van der Waals surface area contributed by atoms with Crippen LogP contribution in [0.1, 0.15) is 17.8 Å². The third-order valence-electron chi connectivity index (χ3n) is 2.70. The molecule has 1 unspecified atom stereocenters. The lowest BCUT2D eigenvalue weighted by Gasteiger charge is -2.12. The second-order valence-electron chi connectivity index (χ2n) is 4.19. The van der Waals surface area contributed by atoms with Gasteiger partial charge in [-0.05, 0) is 15.9 Å². The first-order chi connectivity index (χ1) is 9.63. The van der Waals surface area contributed by atoms with Crippen molar-refractivity contribution < 1.29 is 0 Å². The zero-order valence-corrected chi connectivity index (χ0v) is 13.2. The van der Waals surface area contributed by atoms with Crippen molar-refractivity contribution in [3.05, 3.63) is 37.6 Å². The van der Waals surface area contributed by atoms with Gasteiger partial charge in [0, 0.05) is 24.0 Å². The van der Waals surface area contributed by atoms with E-state index in [1.54, 1.807) is 23.7 Å². The van der Waals surface area contributed by atoms with Gasteiger partial charge < -0.3 is 5.32 Å². The Kier molecular flexibility index (Phi) is 4.93. The smallest absolute Gasteiger partial charge is 0.284 e. The molecule has 0 saturated heterocycles. The molecular formula is C13H13BrN4OS. The van der Waals surface area contributed by atoms with Crippen molar-refractivity contribution in [1.82, 2.24) is 14.8 Å². The molecule has 2 aromatic rings. The molecule has 1 N–H and O–H groups in total. The van der Waals surface area contributed by atoms with Gasteiger partial charge in [0.25, 0.3) is 5.56 Å². The van der Waals surface area contributed by atoms with Crippen LogP contribution in [0.4, 0.5) is 5.69 Å². The van der Waals surface area contributed by atoms with Gasteiger partial charge in [0.05, 0.1) is 16.9 Å². The molecule has 1 atom stereocenters. The molecule has 0 aliphatic carbocycles. The van der Waals surface area contributed by atoms with E-state index in [0.29, 0.717) is 16.7 Å². The van der Waals surface area contributed by atoms with Crippen LogP contribution in [0.5, 0.6) is 0 Å². The molecule has 0 bridgehead atoms. The van der Waals surface area contributed by atoms with E-state index in [9.17, 15) is 4.79 Å². The third kappa shape index (κ3) is 3.26. The van der Waals surface area contributed by atoms with Gasteiger partial charge in [0.2, 0.25) is 0 Å². The Morgan fingerprint density at radius 3 is 3.10 bits per heavy atom. The number of halogens is 1. The van der Waals surface area contributed by atoms with E-state index >= 15 is 0 Å². The van der Waals surface area contributed by atoms with Crippen molar-refractivity contribution in [2.24, 2.45) is 0 Å². The monoisotopic (exact) mass is 352 g/mol. The summed E-state index contributed by atoms with van der Waals surface area (Å²) in [6.45, 7) is 2.91. The fourth-order valence-electron chi connectivity index (χ4n) is 1.62.